The lowest BCUT2D eigenvalue weighted by Gasteiger charge is -2.60. The third-order valence-electron chi connectivity index (χ3n) is 9.77. The van der Waals surface area contributed by atoms with Crippen LogP contribution in [0.4, 0.5) is 0 Å². The Balaban J connectivity index is 1.21. The van der Waals surface area contributed by atoms with E-state index in [-0.39, 0.29) is 11.5 Å². The number of rotatable bonds is 4. The van der Waals surface area contributed by atoms with E-state index in [0.717, 1.165) is 60.8 Å². The maximum absolute atomic E-state index is 10.6. The van der Waals surface area contributed by atoms with Gasteiger partial charge in [0.15, 0.2) is 0 Å². The average Bonchev–Trinajstić information content (AvgIpc) is 3.28. The molecule has 5 rings (SSSR count). The molecule has 4 saturated carbocycles. The quantitative estimate of drug-likeness (QED) is 0.536. The van der Waals surface area contributed by atoms with E-state index in [2.05, 4.69) is 24.2 Å². The number of aromatic nitrogens is 1. The molecule has 166 valence electrons. The smallest absolute Gasteiger partial charge is 0.133 e. The Morgan fingerprint density at radius 2 is 1.97 bits per heavy atom. The van der Waals surface area contributed by atoms with Crippen LogP contribution in [0, 0.1) is 41.4 Å². The molecule has 0 aliphatic heterocycles. The van der Waals surface area contributed by atoms with Gasteiger partial charge in [0.2, 0.25) is 0 Å². The number of aryl methyl sites for hydroxylation is 1. The molecule has 0 bridgehead atoms. The molecule has 5 heteroatoms. The van der Waals surface area contributed by atoms with Crippen molar-refractivity contribution < 1.29 is 14.5 Å². The van der Waals surface area contributed by atoms with Crippen LogP contribution in [0.15, 0.2) is 15.7 Å². The van der Waals surface area contributed by atoms with Crippen LogP contribution in [0.3, 0.4) is 0 Å². The highest BCUT2D eigenvalue weighted by molar-refractivity contribution is 5.85. The Bertz CT molecular complexity index is 804. The summed E-state index contributed by atoms with van der Waals surface area (Å²) in [5.74, 6) is 3.97. The van der Waals surface area contributed by atoms with E-state index in [1.165, 1.54) is 44.2 Å². The number of nitrogens with zero attached hydrogens (tertiary/aromatic N) is 2. The van der Waals surface area contributed by atoms with Crippen LogP contribution in [0.1, 0.15) is 83.1 Å². The maximum atomic E-state index is 10.6. The van der Waals surface area contributed by atoms with E-state index in [1.807, 2.05) is 13.0 Å². The highest BCUT2D eigenvalue weighted by Gasteiger charge is 2.59. The zero-order chi connectivity index (χ0) is 20.9. The Morgan fingerprint density at radius 1 is 1.13 bits per heavy atom. The van der Waals surface area contributed by atoms with Gasteiger partial charge in [-0.1, -0.05) is 24.2 Å². The zero-order valence-electron chi connectivity index (χ0n) is 18.9. The third-order valence-corrected chi connectivity index (χ3v) is 9.77. The molecule has 7 atom stereocenters. The molecule has 1 heterocycles. The second kappa shape index (κ2) is 7.65. The molecule has 30 heavy (non-hydrogen) atoms. The van der Waals surface area contributed by atoms with E-state index in [1.54, 1.807) is 0 Å². The fourth-order valence-electron chi connectivity index (χ4n) is 7.94. The van der Waals surface area contributed by atoms with Crippen molar-refractivity contribution in [1.82, 2.24) is 5.16 Å². The lowest BCUT2D eigenvalue weighted by Crippen LogP contribution is -2.54. The number of aliphatic hydroxyl groups excluding tert-OH is 1. The molecule has 0 radical (unpaired) electrons. The second-order valence-corrected chi connectivity index (χ2v) is 11.2. The van der Waals surface area contributed by atoms with Gasteiger partial charge in [-0.15, -0.1) is 0 Å². The summed E-state index contributed by atoms with van der Waals surface area (Å²) in [5.41, 5.74) is 2.81. The summed E-state index contributed by atoms with van der Waals surface area (Å²) in [6, 6.07) is 1.96. The van der Waals surface area contributed by atoms with Gasteiger partial charge in [-0.25, -0.2) is 0 Å². The number of hydrogen-bond acceptors (Lipinski definition) is 5. The first-order valence-corrected chi connectivity index (χ1v) is 12.2. The van der Waals surface area contributed by atoms with Gasteiger partial charge in [-0.3, -0.25) is 0 Å². The number of aliphatic hydroxyl groups is 1. The molecule has 0 spiro atoms. The van der Waals surface area contributed by atoms with E-state index < -0.39 is 0 Å². The van der Waals surface area contributed by atoms with E-state index in [0.29, 0.717) is 12.0 Å². The van der Waals surface area contributed by atoms with Crippen LogP contribution in [-0.2, 0) is 11.3 Å². The molecule has 0 aromatic carbocycles. The first kappa shape index (κ1) is 20.5. The van der Waals surface area contributed by atoms with Gasteiger partial charge in [0, 0.05) is 12.5 Å². The molecular formula is C25H38N2O3. The number of oxime groups is 1. The van der Waals surface area contributed by atoms with Crippen molar-refractivity contribution in [2.45, 2.75) is 91.1 Å². The highest BCUT2D eigenvalue weighted by atomic mass is 16.6. The van der Waals surface area contributed by atoms with E-state index in [4.69, 9.17) is 9.36 Å². The van der Waals surface area contributed by atoms with Gasteiger partial charge in [0.05, 0.1) is 17.5 Å². The van der Waals surface area contributed by atoms with Crippen LogP contribution in [-0.4, -0.2) is 28.7 Å². The Morgan fingerprint density at radius 3 is 2.77 bits per heavy atom. The van der Waals surface area contributed by atoms with Crippen molar-refractivity contribution >= 4 is 5.71 Å². The summed E-state index contributed by atoms with van der Waals surface area (Å²) >= 11 is 0. The van der Waals surface area contributed by atoms with Gasteiger partial charge >= 0.3 is 0 Å². The van der Waals surface area contributed by atoms with Crippen LogP contribution in [0.2, 0.25) is 0 Å². The number of hydrogen-bond donors (Lipinski definition) is 1. The first-order valence-electron chi connectivity index (χ1n) is 12.2. The summed E-state index contributed by atoms with van der Waals surface area (Å²) in [4.78, 5) is 5.67. The molecule has 0 saturated heterocycles. The van der Waals surface area contributed by atoms with Crippen LogP contribution in [0.5, 0.6) is 0 Å². The summed E-state index contributed by atoms with van der Waals surface area (Å²) in [7, 11) is 0. The van der Waals surface area contributed by atoms with Crippen LogP contribution < -0.4 is 0 Å². The predicted molar refractivity (Wildman–Crippen MR) is 116 cm³/mol. The minimum atomic E-state index is -0.0719. The normalized spacial score (nSPS) is 44.4. The SMILES string of the molecule is Cc1cc(CCON=C2CC[C@@]3(C)C(CCC4C3CC[C@@]3(C)C4CC[C@@H]3O)C2)no1. The molecule has 0 amide bonds. The molecule has 4 aliphatic carbocycles. The second-order valence-electron chi connectivity index (χ2n) is 11.2. The largest absolute Gasteiger partial charge is 0.395 e. The Labute approximate surface area is 180 Å². The highest BCUT2D eigenvalue weighted by Crippen LogP contribution is 2.65. The maximum Gasteiger partial charge on any atom is 0.133 e. The first-order chi connectivity index (χ1) is 14.4. The van der Waals surface area contributed by atoms with Gasteiger partial charge in [-0.2, -0.15) is 0 Å². The lowest BCUT2D eigenvalue weighted by atomic mass is 9.45. The molecule has 4 fully saturated rings. The monoisotopic (exact) mass is 414 g/mol. The van der Waals surface area contributed by atoms with Gasteiger partial charge in [0.1, 0.15) is 12.4 Å². The zero-order valence-corrected chi connectivity index (χ0v) is 18.9. The van der Waals surface area contributed by atoms with Gasteiger partial charge < -0.3 is 14.5 Å². The predicted octanol–water partition coefficient (Wildman–Crippen LogP) is 5.30. The van der Waals surface area contributed by atoms with Crippen molar-refractivity contribution in [3.05, 3.63) is 17.5 Å². The minimum Gasteiger partial charge on any atom is -0.395 e. The fourth-order valence-corrected chi connectivity index (χ4v) is 7.94. The lowest BCUT2D eigenvalue weighted by molar-refractivity contribution is -0.112. The van der Waals surface area contributed by atoms with E-state index in [9.17, 15) is 5.11 Å². The molecule has 5 nitrogen and oxygen atoms in total. The third kappa shape index (κ3) is 3.32. The summed E-state index contributed by atoms with van der Waals surface area (Å²) in [6.45, 7) is 7.42. The van der Waals surface area contributed by atoms with Crippen molar-refractivity contribution in [2.24, 2.45) is 39.7 Å². The van der Waals surface area contributed by atoms with Crippen LogP contribution in [0.25, 0.3) is 0 Å². The molecule has 1 aromatic rings. The van der Waals surface area contributed by atoms with Gasteiger partial charge in [0.25, 0.3) is 0 Å². The number of fused-ring (bicyclic) bond motifs is 5. The summed E-state index contributed by atoms with van der Waals surface area (Å²) in [5, 5.41) is 19.2. The standard InChI is InChI=1S/C25H38N2O3/c1-16-14-19(27-30-16)10-13-29-26-18-8-11-24(2)17(15-18)4-5-20-21-6-7-23(28)25(21,3)12-9-22(20)24/h14,17,20-23,28H,4-13,15H2,1-3H3/t17?,20?,21?,22?,23-,24-,25-/m0/s1. The topological polar surface area (TPSA) is 67.8 Å². The summed E-state index contributed by atoms with van der Waals surface area (Å²) < 4.78 is 5.11. The average molecular weight is 415 g/mol. The fraction of sp³-hybridized carbons (Fsp3) is 0.840. The minimum absolute atomic E-state index is 0.0719. The molecular weight excluding hydrogens is 376 g/mol. The van der Waals surface area contributed by atoms with E-state index >= 15 is 0 Å². The van der Waals surface area contributed by atoms with Crippen molar-refractivity contribution in [1.29, 1.82) is 0 Å². The van der Waals surface area contributed by atoms with Gasteiger partial charge in [-0.05, 0) is 99.2 Å². The van der Waals surface area contributed by atoms with Crippen molar-refractivity contribution in [2.75, 3.05) is 6.61 Å². The molecule has 4 unspecified atom stereocenters. The Hall–Kier alpha value is -1.36. The molecule has 4 aliphatic rings. The molecule has 1 N–H and O–H groups in total. The van der Waals surface area contributed by atoms with Crippen molar-refractivity contribution in [3.8, 4) is 0 Å². The summed E-state index contributed by atoms with van der Waals surface area (Å²) in [6.07, 6.45) is 11.5. The Kier molecular flexibility index (Phi) is 5.24. The molecule has 1 aromatic heterocycles. The van der Waals surface area contributed by atoms with Crippen LogP contribution >= 0.6 is 0 Å². The van der Waals surface area contributed by atoms with Crippen molar-refractivity contribution in [3.63, 3.8) is 0 Å².